The Morgan fingerprint density at radius 1 is 0.365 bits per heavy atom. The Balaban J connectivity index is 1.20. The Hall–Kier alpha value is -7.11. The molecule has 52 heavy (non-hydrogen) atoms. The zero-order valence-electron chi connectivity index (χ0n) is 27.9. The van der Waals surface area contributed by atoms with Crippen LogP contribution in [0, 0.1) is 0 Å². The fourth-order valence-electron chi connectivity index (χ4n) is 7.89. The fraction of sp³-hybridized carbons (Fsp3) is 0. The first-order valence-electron chi connectivity index (χ1n) is 17.5. The van der Waals surface area contributed by atoms with E-state index < -0.39 is 0 Å². The van der Waals surface area contributed by atoms with Gasteiger partial charge in [0.2, 0.25) is 0 Å². The number of benzene rings is 8. The highest BCUT2D eigenvalue weighted by Gasteiger charge is 2.24. The van der Waals surface area contributed by atoms with Crippen molar-refractivity contribution in [2.75, 3.05) is 0 Å². The average Bonchev–Trinajstić information content (AvgIpc) is 3.79. The minimum Gasteiger partial charge on any atom is -0.454 e. The molecule has 0 fully saturated rings. The van der Waals surface area contributed by atoms with E-state index in [2.05, 4.69) is 108 Å². The van der Waals surface area contributed by atoms with E-state index in [4.69, 9.17) is 19.4 Å². The molecule has 8 aromatic carbocycles. The molecule has 0 spiro atoms. The first-order chi connectivity index (χ1) is 25.8. The first-order valence-corrected chi connectivity index (χ1v) is 17.5. The number of rotatable bonds is 4. The topological polar surface area (TPSA) is 56.7 Å². The van der Waals surface area contributed by atoms with E-state index in [1.807, 2.05) is 66.7 Å². The number of hydrogen-bond donors (Lipinski definition) is 0. The van der Waals surface area contributed by atoms with Crippen molar-refractivity contribution in [3.8, 4) is 39.9 Å². The van der Waals surface area contributed by atoms with Gasteiger partial charge in [-0.1, -0.05) is 140 Å². The first kappa shape index (κ1) is 28.7. The van der Waals surface area contributed by atoms with Crippen LogP contribution in [-0.4, -0.2) is 19.5 Å². The minimum absolute atomic E-state index is 0.623. The molecule has 3 aromatic heterocycles. The highest BCUT2D eigenvalue weighted by atomic mass is 16.3. The number of para-hydroxylation sites is 1. The van der Waals surface area contributed by atoms with Crippen LogP contribution < -0.4 is 0 Å². The van der Waals surface area contributed by atoms with Crippen molar-refractivity contribution >= 4 is 65.3 Å². The van der Waals surface area contributed by atoms with Crippen LogP contribution in [0.2, 0.25) is 0 Å². The van der Waals surface area contributed by atoms with E-state index in [1.165, 1.54) is 32.3 Å². The van der Waals surface area contributed by atoms with Gasteiger partial charge in [-0.25, -0.2) is 15.0 Å². The van der Waals surface area contributed by atoms with E-state index in [-0.39, 0.29) is 0 Å². The van der Waals surface area contributed by atoms with E-state index in [9.17, 15) is 0 Å². The second kappa shape index (κ2) is 11.2. The van der Waals surface area contributed by atoms with Gasteiger partial charge in [-0.3, -0.25) is 0 Å². The summed E-state index contributed by atoms with van der Waals surface area (Å²) in [4.78, 5) is 14.9. The molecule has 0 radical (unpaired) electrons. The molecule has 0 aliphatic heterocycles. The van der Waals surface area contributed by atoms with Crippen molar-refractivity contribution in [1.29, 1.82) is 0 Å². The Morgan fingerprint density at radius 3 is 1.54 bits per heavy atom. The summed E-state index contributed by atoms with van der Waals surface area (Å²) >= 11 is 0. The van der Waals surface area contributed by atoms with Gasteiger partial charge in [-0.05, 0) is 46.5 Å². The summed E-state index contributed by atoms with van der Waals surface area (Å²) in [5, 5.41) is 9.40. The van der Waals surface area contributed by atoms with E-state index in [0.717, 1.165) is 55.3 Å². The predicted molar refractivity (Wildman–Crippen MR) is 213 cm³/mol. The van der Waals surface area contributed by atoms with Gasteiger partial charge in [-0.15, -0.1) is 0 Å². The third-order valence-electron chi connectivity index (χ3n) is 10.2. The SMILES string of the molecule is c1ccc(-c2nc(-c3ccccc3)nc(-c3ccc(-n4c5c6ccccc6ccc5c5c6ccccc6c6c7ccccc7oc6c54)cc3)n2)cc1. The maximum atomic E-state index is 6.83. The Kier molecular flexibility index (Phi) is 6.18. The van der Waals surface area contributed by atoms with Crippen LogP contribution >= 0.6 is 0 Å². The molecule has 5 nitrogen and oxygen atoms in total. The smallest absolute Gasteiger partial charge is 0.164 e. The molecule has 11 rings (SSSR count). The molecule has 3 heterocycles. The van der Waals surface area contributed by atoms with Crippen LogP contribution in [0.3, 0.4) is 0 Å². The molecule has 0 bridgehead atoms. The lowest BCUT2D eigenvalue weighted by molar-refractivity contribution is 0.671. The third kappa shape index (κ3) is 4.26. The molecule has 0 saturated heterocycles. The summed E-state index contributed by atoms with van der Waals surface area (Å²) < 4.78 is 9.23. The summed E-state index contributed by atoms with van der Waals surface area (Å²) in [6, 6.07) is 59.0. The van der Waals surface area contributed by atoms with Crippen LogP contribution in [0.25, 0.3) is 105 Å². The zero-order chi connectivity index (χ0) is 34.2. The second-order valence-corrected chi connectivity index (χ2v) is 13.2. The van der Waals surface area contributed by atoms with Crippen molar-refractivity contribution < 1.29 is 4.42 Å². The van der Waals surface area contributed by atoms with Gasteiger partial charge < -0.3 is 8.98 Å². The molecule has 5 heteroatoms. The van der Waals surface area contributed by atoms with E-state index in [1.54, 1.807) is 0 Å². The summed E-state index contributed by atoms with van der Waals surface area (Å²) in [5.74, 6) is 1.90. The predicted octanol–water partition coefficient (Wildman–Crippen LogP) is 12.2. The Bertz CT molecular complexity index is 3100. The molecular weight excluding hydrogens is 637 g/mol. The molecule has 0 unspecified atom stereocenters. The summed E-state index contributed by atoms with van der Waals surface area (Å²) in [6.07, 6.45) is 0. The molecule has 242 valence electrons. The molecule has 11 aromatic rings. The average molecular weight is 665 g/mol. The summed E-state index contributed by atoms with van der Waals surface area (Å²) in [6.45, 7) is 0. The normalized spacial score (nSPS) is 11.8. The molecule has 0 amide bonds. The molecule has 0 N–H and O–H groups in total. The number of aromatic nitrogens is 4. The van der Waals surface area contributed by atoms with Gasteiger partial charge in [0, 0.05) is 49.3 Å². The van der Waals surface area contributed by atoms with Crippen LogP contribution in [0.4, 0.5) is 0 Å². The minimum atomic E-state index is 0.623. The highest BCUT2D eigenvalue weighted by molar-refractivity contribution is 6.36. The second-order valence-electron chi connectivity index (χ2n) is 13.2. The molecule has 0 aliphatic carbocycles. The van der Waals surface area contributed by atoms with E-state index in [0.29, 0.717) is 17.5 Å². The lowest BCUT2D eigenvalue weighted by atomic mass is 9.98. The highest BCUT2D eigenvalue weighted by Crippen LogP contribution is 2.47. The van der Waals surface area contributed by atoms with Gasteiger partial charge in [0.25, 0.3) is 0 Å². The van der Waals surface area contributed by atoms with Gasteiger partial charge in [0.05, 0.1) is 11.0 Å². The van der Waals surface area contributed by atoms with Crippen molar-refractivity contribution in [2.24, 2.45) is 0 Å². The molecular formula is C47H28N4O. The van der Waals surface area contributed by atoms with Crippen molar-refractivity contribution in [3.05, 3.63) is 170 Å². The van der Waals surface area contributed by atoms with Gasteiger partial charge >= 0.3 is 0 Å². The van der Waals surface area contributed by atoms with Crippen LogP contribution in [0.15, 0.2) is 174 Å². The van der Waals surface area contributed by atoms with Crippen LogP contribution in [0.1, 0.15) is 0 Å². The molecule has 0 atom stereocenters. The van der Waals surface area contributed by atoms with Gasteiger partial charge in [0.1, 0.15) is 5.58 Å². The fourth-order valence-corrected chi connectivity index (χ4v) is 7.89. The molecule has 0 saturated carbocycles. The van der Waals surface area contributed by atoms with Crippen molar-refractivity contribution in [1.82, 2.24) is 19.5 Å². The maximum absolute atomic E-state index is 6.83. The van der Waals surface area contributed by atoms with Crippen LogP contribution in [-0.2, 0) is 0 Å². The molecule has 0 aliphatic rings. The van der Waals surface area contributed by atoms with Crippen LogP contribution in [0.5, 0.6) is 0 Å². The summed E-state index contributed by atoms with van der Waals surface area (Å²) in [7, 11) is 0. The van der Waals surface area contributed by atoms with E-state index >= 15 is 0 Å². The number of fused-ring (bicyclic) bond motifs is 12. The van der Waals surface area contributed by atoms with Gasteiger partial charge in [-0.2, -0.15) is 0 Å². The number of nitrogens with zero attached hydrogens (tertiary/aromatic N) is 4. The lowest BCUT2D eigenvalue weighted by Crippen LogP contribution is -2.00. The quantitative estimate of drug-likeness (QED) is 0.188. The Labute approximate surface area is 298 Å². The number of furan rings is 1. The number of hydrogen-bond acceptors (Lipinski definition) is 4. The Morgan fingerprint density at radius 2 is 0.885 bits per heavy atom. The standard InChI is InChI=1S/C47H28N4O/c1-3-14-30(15-4-1)45-48-46(31-16-5-2-6-17-31)50-47(49-45)32-23-26-33(27-24-32)51-42-34-18-8-7-13-29(34)25-28-38(42)40-35-19-9-10-20-36(35)41-37-21-11-12-22-39(37)52-44(41)43(40)51/h1-28H. The maximum Gasteiger partial charge on any atom is 0.164 e. The monoisotopic (exact) mass is 664 g/mol. The lowest BCUT2D eigenvalue weighted by Gasteiger charge is -2.12. The third-order valence-corrected chi connectivity index (χ3v) is 10.2. The summed E-state index contributed by atoms with van der Waals surface area (Å²) in [5.41, 5.74) is 7.79. The van der Waals surface area contributed by atoms with Crippen molar-refractivity contribution in [2.45, 2.75) is 0 Å². The largest absolute Gasteiger partial charge is 0.454 e. The van der Waals surface area contributed by atoms with Gasteiger partial charge in [0.15, 0.2) is 23.1 Å². The zero-order valence-corrected chi connectivity index (χ0v) is 27.9. The van der Waals surface area contributed by atoms with Crippen molar-refractivity contribution in [3.63, 3.8) is 0 Å².